The number of rotatable bonds is 1. The molecule has 0 spiro atoms. The van der Waals surface area contributed by atoms with Crippen LogP contribution < -0.4 is 0 Å². The Morgan fingerprint density at radius 1 is 1.11 bits per heavy atom. The van der Waals surface area contributed by atoms with Crippen LogP contribution in [0, 0.1) is 5.75 Å². The van der Waals surface area contributed by atoms with Crippen LogP contribution in [-0.2, 0) is 0 Å². The lowest BCUT2D eigenvalue weighted by atomic mass is 10.2. The van der Waals surface area contributed by atoms with Gasteiger partial charge < -0.3 is 0 Å². The Labute approximate surface area is 66.1 Å². The Bertz CT molecular complexity index is 179. The maximum Gasteiger partial charge on any atom is 0.0424 e. The van der Waals surface area contributed by atoms with Gasteiger partial charge in [0.25, 0.3) is 0 Å². The molecule has 0 nitrogen and oxygen atoms in total. The molecule has 2 heteroatoms. The molecule has 1 rings (SSSR count). The summed E-state index contributed by atoms with van der Waals surface area (Å²) in [4.78, 5) is 0.980. The predicted molar refractivity (Wildman–Crippen MR) is 46.1 cm³/mol. The molecule has 1 aromatic carbocycles. The zero-order valence-electron chi connectivity index (χ0n) is 4.78. The van der Waals surface area contributed by atoms with Crippen LogP contribution in [0.2, 0.25) is 0 Å². The topological polar surface area (TPSA) is 0 Å². The molecule has 0 amide bonds. The van der Waals surface area contributed by atoms with E-state index in [0.717, 1.165) is 10.5 Å². The summed E-state index contributed by atoms with van der Waals surface area (Å²) in [6, 6.07) is 7.81. The fraction of sp³-hybridized carbons (Fsp3) is 0. The van der Waals surface area contributed by atoms with Crippen LogP contribution in [0.15, 0.2) is 29.2 Å². The van der Waals surface area contributed by atoms with Gasteiger partial charge in [0.15, 0.2) is 0 Å². The van der Waals surface area contributed by atoms with Crippen LogP contribution >= 0.6 is 25.3 Å². The van der Waals surface area contributed by atoms with Crippen molar-refractivity contribution in [3.8, 4) is 0 Å². The smallest absolute Gasteiger partial charge is 0.0424 e. The maximum absolute atomic E-state index is 4.13. The molecule has 0 N–H and O–H groups in total. The van der Waals surface area contributed by atoms with Crippen molar-refractivity contribution in [2.24, 2.45) is 0 Å². The molecule has 0 saturated heterocycles. The zero-order valence-corrected chi connectivity index (χ0v) is 6.57. The Hall–Kier alpha value is -0.0800. The molecular weight excluding hydrogens is 148 g/mol. The Balaban J connectivity index is 2.88. The van der Waals surface area contributed by atoms with Gasteiger partial charge in [-0.3, -0.25) is 0 Å². The molecule has 9 heavy (non-hydrogen) atoms. The first-order valence-corrected chi connectivity index (χ1v) is 3.56. The summed E-state index contributed by atoms with van der Waals surface area (Å²) in [6.45, 7) is 0. The molecule has 0 unspecified atom stereocenters. The summed E-state index contributed by atoms with van der Waals surface area (Å²) in [6.07, 6.45) is 0. The Morgan fingerprint density at radius 3 is 2.11 bits per heavy atom. The van der Waals surface area contributed by atoms with E-state index in [2.05, 4.69) is 25.3 Å². The first kappa shape index (κ1) is 7.03. The van der Waals surface area contributed by atoms with Gasteiger partial charge in [0.2, 0.25) is 0 Å². The SMILES string of the molecule is S[CH]c1ccc(S)cc1. The lowest BCUT2D eigenvalue weighted by molar-refractivity contribution is 1.44. The van der Waals surface area contributed by atoms with Crippen molar-refractivity contribution in [2.75, 3.05) is 0 Å². The minimum atomic E-state index is 0.980. The van der Waals surface area contributed by atoms with Crippen molar-refractivity contribution in [2.45, 2.75) is 4.90 Å². The van der Waals surface area contributed by atoms with Gasteiger partial charge in [-0.2, -0.15) is 12.6 Å². The second-order valence-electron chi connectivity index (χ2n) is 1.72. The molecule has 0 atom stereocenters. The maximum atomic E-state index is 4.13. The van der Waals surface area contributed by atoms with Gasteiger partial charge in [0.05, 0.1) is 0 Å². The van der Waals surface area contributed by atoms with E-state index in [9.17, 15) is 0 Å². The fourth-order valence-electron chi connectivity index (χ4n) is 0.560. The molecule has 0 aliphatic rings. The molecular formula is C7H7S2. The monoisotopic (exact) mass is 155 g/mol. The third-order valence-corrected chi connectivity index (χ3v) is 1.64. The van der Waals surface area contributed by atoms with Crippen molar-refractivity contribution >= 4 is 25.3 Å². The molecule has 47 valence electrons. The zero-order chi connectivity index (χ0) is 6.69. The van der Waals surface area contributed by atoms with Crippen molar-refractivity contribution in [1.29, 1.82) is 0 Å². The summed E-state index contributed by atoms with van der Waals surface area (Å²) in [5.41, 5.74) is 1.11. The van der Waals surface area contributed by atoms with E-state index in [4.69, 9.17) is 0 Å². The van der Waals surface area contributed by atoms with Gasteiger partial charge in [-0.05, 0) is 17.7 Å². The van der Waals surface area contributed by atoms with E-state index in [-0.39, 0.29) is 0 Å². The van der Waals surface area contributed by atoms with Gasteiger partial charge in [0.1, 0.15) is 0 Å². The molecule has 0 aromatic heterocycles. The second-order valence-corrected chi connectivity index (χ2v) is 2.50. The lowest BCUT2D eigenvalue weighted by Gasteiger charge is -1.93. The lowest BCUT2D eigenvalue weighted by Crippen LogP contribution is -1.71. The number of thiol groups is 2. The molecule has 0 heterocycles. The molecule has 1 radical (unpaired) electrons. The van der Waals surface area contributed by atoms with Crippen LogP contribution in [0.25, 0.3) is 0 Å². The van der Waals surface area contributed by atoms with E-state index in [1.165, 1.54) is 0 Å². The van der Waals surface area contributed by atoms with E-state index < -0.39 is 0 Å². The largest absolute Gasteiger partial charge is 0.170 e. The summed E-state index contributed by atoms with van der Waals surface area (Å²) in [7, 11) is 0. The van der Waals surface area contributed by atoms with Crippen LogP contribution in [-0.4, -0.2) is 0 Å². The van der Waals surface area contributed by atoms with Gasteiger partial charge >= 0.3 is 0 Å². The van der Waals surface area contributed by atoms with Gasteiger partial charge in [0, 0.05) is 10.6 Å². The normalized spacial score (nSPS) is 9.56. The molecule has 0 aliphatic carbocycles. The van der Waals surface area contributed by atoms with E-state index in [0.29, 0.717) is 0 Å². The van der Waals surface area contributed by atoms with Crippen molar-refractivity contribution in [3.05, 3.63) is 35.6 Å². The van der Waals surface area contributed by atoms with Crippen molar-refractivity contribution < 1.29 is 0 Å². The quantitative estimate of drug-likeness (QED) is 0.572. The van der Waals surface area contributed by atoms with Gasteiger partial charge in [-0.25, -0.2) is 0 Å². The van der Waals surface area contributed by atoms with E-state index in [1.54, 1.807) is 5.75 Å². The summed E-state index contributed by atoms with van der Waals surface area (Å²) in [5.74, 6) is 1.76. The van der Waals surface area contributed by atoms with Gasteiger partial charge in [-0.15, -0.1) is 12.6 Å². The molecule has 1 aromatic rings. The highest BCUT2D eigenvalue weighted by molar-refractivity contribution is 7.82. The average molecular weight is 155 g/mol. The van der Waals surface area contributed by atoms with E-state index in [1.807, 2.05) is 24.3 Å². The second kappa shape index (κ2) is 3.18. The van der Waals surface area contributed by atoms with Crippen molar-refractivity contribution in [3.63, 3.8) is 0 Å². The minimum Gasteiger partial charge on any atom is -0.170 e. The summed E-state index contributed by atoms with van der Waals surface area (Å²) in [5, 5.41) is 0. The molecule has 0 bridgehead atoms. The molecule has 0 saturated carbocycles. The van der Waals surface area contributed by atoms with E-state index >= 15 is 0 Å². The first-order valence-electron chi connectivity index (χ1n) is 2.59. The highest BCUT2D eigenvalue weighted by atomic mass is 32.1. The molecule has 0 fully saturated rings. The third kappa shape index (κ3) is 1.95. The summed E-state index contributed by atoms with van der Waals surface area (Å²) < 4.78 is 0. The van der Waals surface area contributed by atoms with Crippen LogP contribution in [0.5, 0.6) is 0 Å². The fourth-order valence-corrected chi connectivity index (χ4v) is 0.882. The van der Waals surface area contributed by atoms with Crippen LogP contribution in [0.1, 0.15) is 5.56 Å². The highest BCUT2D eigenvalue weighted by Crippen LogP contribution is 2.09. The molecule has 0 aliphatic heterocycles. The number of hydrogen-bond donors (Lipinski definition) is 2. The first-order chi connectivity index (χ1) is 4.33. The van der Waals surface area contributed by atoms with Crippen LogP contribution in [0.3, 0.4) is 0 Å². The van der Waals surface area contributed by atoms with Crippen molar-refractivity contribution in [1.82, 2.24) is 0 Å². The standard InChI is InChI=1S/C7H7S2/c8-5-6-1-3-7(9)4-2-6/h1-5,8-9H. The minimum absolute atomic E-state index is 0.980. The highest BCUT2D eigenvalue weighted by Gasteiger charge is 1.86. The average Bonchev–Trinajstić information content (AvgIpc) is 1.90. The number of hydrogen-bond acceptors (Lipinski definition) is 2. The Morgan fingerprint density at radius 2 is 1.67 bits per heavy atom. The van der Waals surface area contributed by atoms with Crippen LogP contribution in [0.4, 0.5) is 0 Å². The Kier molecular flexibility index (Phi) is 2.49. The van der Waals surface area contributed by atoms with Gasteiger partial charge in [-0.1, -0.05) is 12.1 Å². The number of benzene rings is 1. The summed E-state index contributed by atoms with van der Waals surface area (Å²) >= 11 is 8.13. The predicted octanol–water partition coefficient (Wildman–Crippen LogP) is 2.41. The third-order valence-electron chi connectivity index (χ3n) is 1.04.